The minimum Gasteiger partial charge on any atom is -0.437 e. The SMILES string of the molecule is Cc1ccc2c(NCc3csc(C(C)C)n3)cccc2c1Oc1ncccc1-c1ccnc(NC2CCCNC2)n1. The van der Waals surface area contributed by atoms with Crippen LogP contribution in [0, 0.1) is 6.92 Å². The number of aryl methyl sites for hydroxylation is 1. The summed E-state index contributed by atoms with van der Waals surface area (Å²) in [7, 11) is 0. The van der Waals surface area contributed by atoms with Gasteiger partial charge in [-0.05, 0) is 56.1 Å². The van der Waals surface area contributed by atoms with Crippen molar-refractivity contribution >= 4 is 33.7 Å². The number of pyridine rings is 1. The van der Waals surface area contributed by atoms with Gasteiger partial charge in [0, 0.05) is 52.7 Å². The lowest BCUT2D eigenvalue weighted by Crippen LogP contribution is -2.38. The molecule has 3 aromatic heterocycles. The summed E-state index contributed by atoms with van der Waals surface area (Å²) >= 11 is 1.72. The zero-order valence-corrected chi connectivity index (χ0v) is 24.5. The molecule has 0 amide bonds. The van der Waals surface area contributed by atoms with Crippen molar-refractivity contribution in [2.24, 2.45) is 0 Å². The standard InChI is InChI=1S/C32H35N7OS/c1-20(2)31-37-23(19-41-31)18-36-27-10-4-8-25-24(27)12-11-21(3)29(25)40-30-26(9-6-15-34-30)28-13-16-35-32(39-28)38-22-7-5-14-33-17-22/h4,6,8-13,15-16,19-20,22,33,36H,5,7,14,17-18H2,1-3H3,(H,35,38,39). The fourth-order valence-corrected chi connectivity index (χ4v) is 5.92. The van der Waals surface area contributed by atoms with E-state index in [0.29, 0.717) is 30.3 Å². The third-order valence-corrected chi connectivity index (χ3v) is 8.46. The number of nitrogens with zero attached hydrogens (tertiary/aromatic N) is 4. The molecule has 4 heterocycles. The molecule has 41 heavy (non-hydrogen) atoms. The van der Waals surface area contributed by atoms with Gasteiger partial charge in [-0.3, -0.25) is 0 Å². The van der Waals surface area contributed by atoms with Crippen molar-refractivity contribution in [2.45, 2.75) is 52.1 Å². The quantitative estimate of drug-likeness (QED) is 0.173. The fraction of sp³-hybridized carbons (Fsp3) is 0.312. The molecule has 1 fully saturated rings. The highest BCUT2D eigenvalue weighted by atomic mass is 32.1. The summed E-state index contributed by atoms with van der Waals surface area (Å²) in [6.07, 6.45) is 5.77. The first kappa shape index (κ1) is 27.1. The van der Waals surface area contributed by atoms with Gasteiger partial charge in [-0.15, -0.1) is 11.3 Å². The maximum absolute atomic E-state index is 6.60. The van der Waals surface area contributed by atoms with Crippen LogP contribution in [0.4, 0.5) is 11.6 Å². The molecular weight excluding hydrogens is 530 g/mol. The number of hydrogen-bond donors (Lipinski definition) is 3. The van der Waals surface area contributed by atoms with Gasteiger partial charge in [0.25, 0.3) is 0 Å². The monoisotopic (exact) mass is 565 g/mol. The third kappa shape index (κ3) is 6.16. The smallest absolute Gasteiger partial charge is 0.228 e. The van der Waals surface area contributed by atoms with E-state index in [4.69, 9.17) is 14.7 Å². The number of anilines is 2. The highest BCUT2D eigenvalue weighted by Crippen LogP contribution is 2.38. The Morgan fingerprint density at radius 1 is 1.02 bits per heavy atom. The first-order chi connectivity index (χ1) is 20.0. The zero-order chi connectivity index (χ0) is 28.2. The van der Waals surface area contributed by atoms with E-state index < -0.39 is 0 Å². The Hall–Kier alpha value is -4.08. The van der Waals surface area contributed by atoms with Crippen LogP contribution in [-0.2, 0) is 6.54 Å². The molecule has 8 nitrogen and oxygen atoms in total. The van der Waals surface area contributed by atoms with Crippen molar-refractivity contribution in [1.82, 2.24) is 25.3 Å². The van der Waals surface area contributed by atoms with Crippen LogP contribution in [0.1, 0.15) is 48.9 Å². The molecule has 1 atom stereocenters. The lowest BCUT2D eigenvalue weighted by molar-refractivity contribution is 0.466. The Morgan fingerprint density at radius 2 is 1.95 bits per heavy atom. The predicted molar refractivity (Wildman–Crippen MR) is 167 cm³/mol. The van der Waals surface area contributed by atoms with Crippen LogP contribution in [0.2, 0.25) is 0 Å². The highest BCUT2D eigenvalue weighted by molar-refractivity contribution is 7.09. The van der Waals surface area contributed by atoms with Gasteiger partial charge in [0.05, 0.1) is 28.5 Å². The summed E-state index contributed by atoms with van der Waals surface area (Å²) in [5.41, 5.74) is 4.70. The summed E-state index contributed by atoms with van der Waals surface area (Å²) in [6, 6.07) is 16.6. The lowest BCUT2D eigenvalue weighted by atomic mass is 10.0. The molecule has 9 heteroatoms. The summed E-state index contributed by atoms with van der Waals surface area (Å²) in [5, 5.41) is 15.9. The Bertz CT molecular complexity index is 1640. The van der Waals surface area contributed by atoms with Crippen LogP contribution >= 0.6 is 11.3 Å². The van der Waals surface area contributed by atoms with E-state index in [-0.39, 0.29) is 0 Å². The Kier molecular flexibility index (Phi) is 8.07. The summed E-state index contributed by atoms with van der Waals surface area (Å²) in [6.45, 7) is 9.05. The molecule has 1 aliphatic rings. The van der Waals surface area contributed by atoms with Gasteiger partial charge in [-0.25, -0.2) is 19.9 Å². The van der Waals surface area contributed by atoms with Crippen LogP contribution in [0.15, 0.2) is 66.3 Å². The molecule has 0 aliphatic carbocycles. The second-order valence-corrected chi connectivity index (χ2v) is 11.6. The van der Waals surface area contributed by atoms with E-state index in [2.05, 4.69) is 82.4 Å². The Morgan fingerprint density at radius 3 is 2.78 bits per heavy atom. The first-order valence-corrected chi connectivity index (χ1v) is 15.1. The van der Waals surface area contributed by atoms with Crippen LogP contribution in [0.3, 0.4) is 0 Å². The number of fused-ring (bicyclic) bond motifs is 1. The maximum atomic E-state index is 6.60. The Labute approximate surface area is 244 Å². The lowest BCUT2D eigenvalue weighted by Gasteiger charge is -2.23. The average molecular weight is 566 g/mol. The molecule has 0 radical (unpaired) electrons. The molecule has 1 unspecified atom stereocenters. The normalized spacial score (nSPS) is 15.3. The minimum absolute atomic E-state index is 0.317. The topological polar surface area (TPSA) is 96.9 Å². The van der Waals surface area contributed by atoms with Crippen molar-refractivity contribution < 1.29 is 4.74 Å². The molecule has 0 spiro atoms. The second-order valence-electron chi connectivity index (χ2n) is 10.7. The zero-order valence-electron chi connectivity index (χ0n) is 23.6. The molecule has 3 N–H and O–H groups in total. The third-order valence-electron chi connectivity index (χ3n) is 7.26. The van der Waals surface area contributed by atoms with E-state index in [1.165, 1.54) is 0 Å². The van der Waals surface area contributed by atoms with Crippen LogP contribution in [0.25, 0.3) is 22.0 Å². The number of nitrogens with one attached hydrogen (secondary N) is 3. The number of benzene rings is 2. The number of ether oxygens (including phenoxy) is 1. The molecule has 0 bridgehead atoms. The van der Waals surface area contributed by atoms with E-state index in [1.807, 2.05) is 18.2 Å². The molecule has 6 rings (SSSR count). The molecule has 210 valence electrons. The average Bonchev–Trinajstić information content (AvgIpc) is 3.48. The van der Waals surface area contributed by atoms with E-state index in [0.717, 1.165) is 75.7 Å². The minimum atomic E-state index is 0.317. The molecular formula is C32H35N7OS. The number of thiazole rings is 1. The number of aromatic nitrogens is 4. The Balaban J connectivity index is 1.28. The van der Waals surface area contributed by atoms with Crippen LogP contribution < -0.4 is 20.7 Å². The molecule has 5 aromatic rings. The fourth-order valence-electron chi connectivity index (χ4n) is 5.08. The van der Waals surface area contributed by atoms with Gasteiger partial charge in [0.1, 0.15) is 5.75 Å². The van der Waals surface area contributed by atoms with Crippen molar-refractivity contribution in [2.75, 3.05) is 23.7 Å². The number of rotatable bonds is 9. The van der Waals surface area contributed by atoms with Gasteiger partial charge >= 0.3 is 0 Å². The molecule has 0 saturated carbocycles. The van der Waals surface area contributed by atoms with Gasteiger partial charge in [0.2, 0.25) is 11.8 Å². The van der Waals surface area contributed by atoms with E-state index >= 15 is 0 Å². The number of piperidine rings is 1. The van der Waals surface area contributed by atoms with E-state index in [9.17, 15) is 0 Å². The van der Waals surface area contributed by atoms with E-state index in [1.54, 1.807) is 23.7 Å². The first-order valence-electron chi connectivity index (χ1n) is 14.2. The van der Waals surface area contributed by atoms with Crippen molar-refractivity contribution in [1.29, 1.82) is 0 Å². The molecule has 1 aliphatic heterocycles. The summed E-state index contributed by atoms with van der Waals surface area (Å²) in [5.74, 6) is 2.34. The van der Waals surface area contributed by atoms with Crippen molar-refractivity contribution in [3.63, 3.8) is 0 Å². The highest BCUT2D eigenvalue weighted by Gasteiger charge is 2.17. The molecule has 1 saturated heterocycles. The van der Waals surface area contributed by atoms with Gasteiger partial charge in [-0.1, -0.05) is 38.1 Å². The van der Waals surface area contributed by atoms with Crippen LogP contribution in [-0.4, -0.2) is 39.1 Å². The van der Waals surface area contributed by atoms with Crippen LogP contribution in [0.5, 0.6) is 11.6 Å². The van der Waals surface area contributed by atoms with Crippen molar-refractivity contribution in [3.05, 3.63) is 82.6 Å². The second kappa shape index (κ2) is 12.2. The predicted octanol–water partition coefficient (Wildman–Crippen LogP) is 7.15. The van der Waals surface area contributed by atoms with Gasteiger partial charge in [0.15, 0.2) is 0 Å². The molecule has 2 aromatic carbocycles. The summed E-state index contributed by atoms with van der Waals surface area (Å²) < 4.78 is 6.60. The largest absolute Gasteiger partial charge is 0.437 e. The van der Waals surface area contributed by atoms with Gasteiger partial charge < -0.3 is 20.7 Å². The van der Waals surface area contributed by atoms with Crippen molar-refractivity contribution in [3.8, 4) is 22.9 Å². The number of hydrogen-bond acceptors (Lipinski definition) is 9. The maximum Gasteiger partial charge on any atom is 0.228 e. The summed E-state index contributed by atoms with van der Waals surface area (Å²) in [4.78, 5) is 18.7. The van der Waals surface area contributed by atoms with Gasteiger partial charge in [-0.2, -0.15) is 0 Å².